The fraction of sp³-hybridized carbons (Fsp3) is 1.00. The van der Waals surface area contributed by atoms with Gasteiger partial charge in [-0.25, -0.2) is 0 Å². The van der Waals surface area contributed by atoms with Gasteiger partial charge in [-0.15, -0.1) is 12.4 Å². The van der Waals surface area contributed by atoms with Crippen molar-refractivity contribution in [2.24, 2.45) is 17.8 Å². The molecule has 1 N–H and O–H groups in total. The molecule has 3 aliphatic rings. The third kappa shape index (κ3) is 6.24. The first-order valence-corrected chi connectivity index (χ1v) is 10.7. The monoisotopic (exact) mass is 341 g/mol. The van der Waals surface area contributed by atoms with Gasteiger partial charge < -0.3 is 5.32 Å². The molecule has 0 heterocycles. The van der Waals surface area contributed by atoms with E-state index in [9.17, 15) is 0 Å². The molecule has 23 heavy (non-hydrogen) atoms. The first-order valence-electron chi connectivity index (χ1n) is 10.7. The van der Waals surface area contributed by atoms with Crippen LogP contribution < -0.4 is 5.32 Å². The van der Waals surface area contributed by atoms with Gasteiger partial charge in [0, 0.05) is 6.04 Å². The molecule has 0 radical (unpaired) electrons. The van der Waals surface area contributed by atoms with Crippen LogP contribution in [0, 0.1) is 17.8 Å². The number of hydrogen-bond acceptors (Lipinski definition) is 1. The van der Waals surface area contributed by atoms with Gasteiger partial charge in [-0.2, -0.15) is 0 Å². The van der Waals surface area contributed by atoms with Crippen molar-refractivity contribution >= 4 is 12.4 Å². The van der Waals surface area contributed by atoms with E-state index in [1.807, 2.05) is 0 Å². The lowest BCUT2D eigenvalue weighted by Crippen LogP contribution is -2.35. The van der Waals surface area contributed by atoms with Crippen LogP contribution in [0.4, 0.5) is 0 Å². The first-order chi connectivity index (χ1) is 10.9. The van der Waals surface area contributed by atoms with Crippen LogP contribution in [-0.2, 0) is 0 Å². The van der Waals surface area contributed by atoms with Crippen molar-refractivity contribution in [1.29, 1.82) is 0 Å². The highest BCUT2D eigenvalue weighted by Gasteiger charge is 2.31. The van der Waals surface area contributed by atoms with E-state index < -0.39 is 0 Å². The Bertz CT molecular complexity index is 270. The molecule has 0 spiro atoms. The predicted molar refractivity (Wildman–Crippen MR) is 103 cm³/mol. The van der Waals surface area contributed by atoms with E-state index in [-0.39, 0.29) is 12.4 Å². The molecule has 3 rings (SSSR count). The summed E-state index contributed by atoms with van der Waals surface area (Å²) in [6.45, 7) is 1.31. The molecule has 2 heteroatoms. The van der Waals surface area contributed by atoms with Crippen LogP contribution in [0.2, 0.25) is 0 Å². The summed E-state index contributed by atoms with van der Waals surface area (Å²) in [7, 11) is 0. The third-order valence-corrected chi connectivity index (χ3v) is 7.03. The van der Waals surface area contributed by atoms with E-state index in [2.05, 4.69) is 5.32 Å². The van der Waals surface area contributed by atoms with Crippen LogP contribution in [0.3, 0.4) is 0 Å². The van der Waals surface area contributed by atoms with Crippen molar-refractivity contribution in [3.63, 3.8) is 0 Å². The van der Waals surface area contributed by atoms with Crippen molar-refractivity contribution in [1.82, 2.24) is 5.32 Å². The largest absolute Gasteiger partial charge is 0.314 e. The molecular formula is C21H40ClN. The van der Waals surface area contributed by atoms with E-state index in [1.165, 1.54) is 83.6 Å². The Morgan fingerprint density at radius 3 is 1.52 bits per heavy atom. The van der Waals surface area contributed by atoms with Gasteiger partial charge in [0.25, 0.3) is 0 Å². The normalized spacial score (nSPS) is 25.4. The van der Waals surface area contributed by atoms with Crippen molar-refractivity contribution in [2.75, 3.05) is 6.54 Å². The number of halogens is 1. The fourth-order valence-electron chi connectivity index (χ4n) is 5.74. The molecule has 0 bridgehead atoms. The second kappa shape index (κ2) is 11.0. The van der Waals surface area contributed by atoms with Crippen molar-refractivity contribution < 1.29 is 0 Å². The van der Waals surface area contributed by atoms with Crippen LogP contribution in [0.1, 0.15) is 103 Å². The molecular weight excluding hydrogens is 302 g/mol. The SMILES string of the molecule is C1CCC(NCCC(C2CCCCC2)C2CCCCC2)CC1.Cl. The van der Waals surface area contributed by atoms with Gasteiger partial charge in [-0.1, -0.05) is 83.5 Å². The molecule has 3 aliphatic carbocycles. The van der Waals surface area contributed by atoms with Crippen molar-refractivity contribution in [3.05, 3.63) is 0 Å². The minimum atomic E-state index is 0. The molecule has 0 aromatic rings. The summed E-state index contributed by atoms with van der Waals surface area (Å²) in [5, 5.41) is 3.93. The summed E-state index contributed by atoms with van der Waals surface area (Å²) in [6, 6.07) is 0.854. The summed E-state index contributed by atoms with van der Waals surface area (Å²) >= 11 is 0. The van der Waals surface area contributed by atoms with Crippen LogP contribution in [-0.4, -0.2) is 12.6 Å². The maximum Gasteiger partial charge on any atom is 0.00670 e. The summed E-state index contributed by atoms with van der Waals surface area (Å²) in [6.07, 6.45) is 24.0. The highest BCUT2D eigenvalue weighted by Crippen LogP contribution is 2.41. The average molecular weight is 342 g/mol. The quantitative estimate of drug-likeness (QED) is 0.581. The zero-order chi connectivity index (χ0) is 15.0. The molecule has 0 saturated heterocycles. The van der Waals surface area contributed by atoms with Crippen molar-refractivity contribution in [3.8, 4) is 0 Å². The lowest BCUT2D eigenvalue weighted by Gasteiger charge is -2.38. The second-order valence-corrected chi connectivity index (χ2v) is 8.54. The molecule has 0 amide bonds. The van der Waals surface area contributed by atoms with Gasteiger partial charge in [-0.3, -0.25) is 0 Å². The van der Waals surface area contributed by atoms with Crippen molar-refractivity contribution in [2.45, 2.75) is 109 Å². The van der Waals surface area contributed by atoms with E-state index in [0.717, 1.165) is 23.8 Å². The summed E-state index contributed by atoms with van der Waals surface area (Å²) in [5.74, 6) is 3.20. The zero-order valence-corrected chi connectivity index (χ0v) is 16.1. The van der Waals surface area contributed by atoms with E-state index in [0.29, 0.717) is 0 Å². The highest BCUT2D eigenvalue weighted by atomic mass is 35.5. The maximum absolute atomic E-state index is 3.93. The number of nitrogens with one attached hydrogen (secondary N) is 1. The maximum atomic E-state index is 3.93. The van der Waals surface area contributed by atoms with E-state index in [1.54, 1.807) is 25.7 Å². The lowest BCUT2D eigenvalue weighted by atomic mass is 9.68. The Kier molecular flexibility index (Phi) is 9.34. The molecule has 0 aromatic heterocycles. The topological polar surface area (TPSA) is 12.0 Å². The van der Waals surface area contributed by atoms with Gasteiger partial charge in [0.15, 0.2) is 0 Å². The highest BCUT2D eigenvalue weighted by molar-refractivity contribution is 5.85. The molecule has 0 unspecified atom stereocenters. The standard InChI is InChI=1S/C21H39N.ClH/c1-4-10-18(11-5-1)21(19-12-6-2-7-13-19)16-17-22-20-14-8-3-9-15-20;/h18-22H,1-17H2;1H. The zero-order valence-electron chi connectivity index (χ0n) is 15.2. The van der Waals surface area contributed by atoms with Gasteiger partial charge in [0.2, 0.25) is 0 Å². The lowest BCUT2D eigenvalue weighted by molar-refractivity contribution is 0.132. The summed E-state index contributed by atoms with van der Waals surface area (Å²) in [5.41, 5.74) is 0. The Balaban J connectivity index is 0.00000192. The van der Waals surface area contributed by atoms with Crippen LogP contribution >= 0.6 is 12.4 Å². The van der Waals surface area contributed by atoms with E-state index in [4.69, 9.17) is 0 Å². The number of hydrogen-bond donors (Lipinski definition) is 1. The average Bonchev–Trinajstić information content (AvgIpc) is 2.61. The van der Waals surface area contributed by atoms with Gasteiger partial charge in [0.05, 0.1) is 0 Å². The summed E-state index contributed by atoms with van der Waals surface area (Å²) < 4.78 is 0. The first kappa shape index (κ1) is 19.6. The molecule has 0 aromatic carbocycles. The minimum absolute atomic E-state index is 0. The molecule has 0 aliphatic heterocycles. The summed E-state index contributed by atoms with van der Waals surface area (Å²) in [4.78, 5) is 0. The Hall–Kier alpha value is 0.250. The second-order valence-electron chi connectivity index (χ2n) is 8.54. The Labute approximate surface area is 151 Å². The Morgan fingerprint density at radius 2 is 1.04 bits per heavy atom. The molecule has 0 atom stereocenters. The Morgan fingerprint density at radius 1 is 0.609 bits per heavy atom. The fourth-order valence-corrected chi connectivity index (χ4v) is 5.74. The molecule has 136 valence electrons. The van der Waals surface area contributed by atoms with Gasteiger partial charge >= 0.3 is 0 Å². The molecule has 1 nitrogen and oxygen atoms in total. The third-order valence-electron chi connectivity index (χ3n) is 7.03. The predicted octanol–water partition coefficient (Wildman–Crippen LogP) is 6.50. The molecule has 3 fully saturated rings. The smallest absolute Gasteiger partial charge is 0.00670 e. The van der Waals surface area contributed by atoms with Crippen LogP contribution in [0.15, 0.2) is 0 Å². The van der Waals surface area contributed by atoms with Gasteiger partial charge in [-0.05, 0) is 43.6 Å². The molecule has 3 saturated carbocycles. The minimum Gasteiger partial charge on any atom is -0.314 e. The van der Waals surface area contributed by atoms with Gasteiger partial charge in [0.1, 0.15) is 0 Å². The van der Waals surface area contributed by atoms with Crippen LogP contribution in [0.25, 0.3) is 0 Å². The number of rotatable bonds is 6. The van der Waals surface area contributed by atoms with Crippen LogP contribution in [0.5, 0.6) is 0 Å². The van der Waals surface area contributed by atoms with E-state index >= 15 is 0 Å².